The topological polar surface area (TPSA) is 59.6 Å². The fourth-order valence-electron chi connectivity index (χ4n) is 3.34. The quantitative estimate of drug-likeness (QED) is 0.911. The zero-order valence-electron chi connectivity index (χ0n) is 13.6. The molecule has 2 aliphatic heterocycles. The van der Waals surface area contributed by atoms with E-state index in [2.05, 4.69) is 16.7 Å². The fraction of sp³-hybridized carbons (Fsp3) is 0.316. The number of hydrogen-bond acceptors (Lipinski definition) is 3. The van der Waals surface area contributed by atoms with Crippen molar-refractivity contribution < 1.29 is 14.3 Å². The van der Waals surface area contributed by atoms with E-state index in [-0.39, 0.29) is 6.03 Å². The maximum absolute atomic E-state index is 12.2. The van der Waals surface area contributed by atoms with E-state index in [1.54, 1.807) is 0 Å². The number of aryl methyl sites for hydroxylation is 1. The first-order valence-electron chi connectivity index (χ1n) is 8.25. The predicted molar refractivity (Wildman–Crippen MR) is 91.9 cm³/mol. The number of fused-ring (bicyclic) bond motifs is 2. The maximum atomic E-state index is 12.2. The van der Waals surface area contributed by atoms with Crippen LogP contribution >= 0.6 is 0 Å². The van der Waals surface area contributed by atoms with Crippen LogP contribution in [0.1, 0.15) is 22.3 Å². The molecule has 24 heavy (non-hydrogen) atoms. The van der Waals surface area contributed by atoms with E-state index in [0.29, 0.717) is 19.8 Å². The molecule has 0 fully saturated rings. The summed E-state index contributed by atoms with van der Waals surface area (Å²) in [5, 5.41) is 5.81. The van der Waals surface area contributed by atoms with Crippen LogP contribution in [-0.4, -0.2) is 19.2 Å². The summed E-state index contributed by atoms with van der Waals surface area (Å²) < 4.78 is 11.5. The summed E-state index contributed by atoms with van der Waals surface area (Å²) in [7, 11) is 0. The largest absolute Gasteiger partial charge is 0.493 e. The third-order valence-electron chi connectivity index (χ3n) is 4.46. The normalized spacial score (nSPS) is 14.4. The molecule has 2 aliphatic rings. The van der Waals surface area contributed by atoms with Gasteiger partial charge < -0.3 is 20.1 Å². The molecule has 2 amide bonds. The summed E-state index contributed by atoms with van der Waals surface area (Å²) in [6.07, 6.45) is 1.76. The smallest absolute Gasteiger partial charge is 0.319 e. The number of anilines is 1. The molecule has 0 bridgehead atoms. The van der Waals surface area contributed by atoms with Gasteiger partial charge in [-0.15, -0.1) is 0 Å². The van der Waals surface area contributed by atoms with E-state index in [1.807, 2.05) is 31.2 Å². The van der Waals surface area contributed by atoms with Crippen LogP contribution in [0, 0.1) is 6.92 Å². The van der Waals surface area contributed by atoms with Gasteiger partial charge in [-0.1, -0.05) is 12.1 Å². The lowest BCUT2D eigenvalue weighted by Gasteiger charge is -2.14. The molecule has 5 nitrogen and oxygen atoms in total. The highest BCUT2D eigenvalue weighted by Gasteiger charge is 2.26. The van der Waals surface area contributed by atoms with Crippen molar-refractivity contribution in [2.45, 2.75) is 26.3 Å². The van der Waals surface area contributed by atoms with Crippen LogP contribution in [-0.2, 0) is 19.4 Å². The Balaban J connectivity index is 1.49. The van der Waals surface area contributed by atoms with Gasteiger partial charge in [0.2, 0.25) is 0 Å². The average molecular weight is 324 g/mol. The second kappa shape index (κ2) is 6.07. The highest BCUT2D eigenvalue weighted by Crippen LogP contribution is 2.40. The first-order chi connectivity index (χ1) is 11.7. The lowest BCUT2D eigenvalue weighted by molar-refractivity contribution is 0.251. The molecule has 5 heteroatoms. The van der Waals surface area contributed by atoms with Crippen molar-refractivity contribution in [3.8, 4) is 11.5 Å². The molecule has 0 saturated heterocycles. The first kappa shape index (κ1) is 14.9. The van der Waals surface area contributed by atoms with E-state index in [4.69, 9.17) is 9.47 Å². The van der Waals surface area contributed by atoms with Gasteiger partial charge in [-0.3, -0.25) is 0 Å². The minimum atomic E-state index is -0.219. The molecule has 2 aromatic carbocycles. The van der Waals surface area contributed by atoms with Gasteiger partial charge in [-0.05, 0) is 30.7 Å². The Kier molecular flexibility index (Phi) is 3.76. The second-order valence-electron chi connectivity index (χ2n) is 6.19. The first-order valence-corrected chi connectivity index (χ1v) is 8.25. The molecular formula is C19H20N2O3. The molecule has 2 N–H and O–H groups in total. The van der Waals surface area contributed by atoms with Crippen LogP contribution < -0.4 is 20.1 Å². The molecule has 0 unspecified atom stereocenters. The number of hydrogen-bond donors (Lipinski definition) is 2. The fourth-order valence-corrected chi connectivity index (χ4v) is 3.34. The number of nitrogens with one attached hydrogen (secondary N) is 2. The summed E-state index contributed by atoms with van der Waals surface area (Å²) in [4.78, 5) is 12.2. The molecule has 0 radical (unpaired) electrons. The predicted octanol–water partition coefficient (Wildman–Crippen LogP) is 3.19. The highest BCUT2D eigenvalue weighted by molar-refractivity contribution is 5.89. The molecule has 124 valence electrons. The lowest BCUT2D eigenvalue weighted by atomic mass is 9.99. The summed E-state index contributed by atoms with van der Waals surface area (Å²) in [6.45, 7) is 3.82. The van der Waals surface area contributed by atoms with Crippen molar-refractivity contribution in [2.75, 3.05) is 18.5 Å². The van der Waals surface area contributed by atoms with Crippen LogP contribution in [0.25, 0.3) is 0 Å². The SMILES string of the molecule is Cc1cccc(NC(=O)NCc2c3c(cc4c2OCC4)OCC3)c1. The second-order valence-corrected chi connectivity index (χ2v) is 6.19. The Morgan fingerprint density at radius 1 is 1.17 bits per heavy atom. The summed E-state index contributed by atoms with van der Waals surface area (Å²) in [6, 6.07) is 9.60. The summed E-state index contributed by atoms with van der Waals surface area (Å²) in [5.74, 6) is 1.87. The zero-order chi connectivity index (χ0) is 16.5. The van der Waals surface area contributed by atoms with E-state index in [9.17, 15) is 4.79 Å². The lowest BCUT2D eigenvalue weighted by Crippen LogP contribution is -2.28. The van der Waals surface area contributed by atoms with Gasteiger partial charge in [0.05, 0.1) is 13.2 Å². The Bertz CT molecular complexity index is 769. The minimum Gasteiger partial charge on any atom is -0.493 e. The molecule has 4 rings (SSSR count). The van der Waals surface area contributed by atoms with E-state index >= 15 is 0 Å². The highest BCUT2D eigenvalue weighted by atomic mass is 16.5. The van der Waals surface area contributed by atoms with Gasteiger partial charge in [0.1, 0.15) is 11.5 Å². The van der Waals surface area contributed by atoms with E-state index in [1.165, 1.54) is 5.56 Å². The maximum Gasteiger partial charge on any atom is 0.319 e. The van der Waals surface area contributed by atoms with Crippen molar-refractivity contribution in [3.63, 3.8) is 0 Å². The van der Waals surface area contributed by atoms with Crippen molar-refractivity contribution in [2.24, 2.45) is 0 Å². The van der Waals surface area contributed by atoms with Crippen LogP contribution in [0.2, 0.25) is 0 Å². The molecule has 2 heterocycles. The van der Waals surface area contributed by atoms with Gasteiger partial charge in [-0.25, -0.2) is 4.79 Å². The molecule has 0 atom stereocenters. The van der Waals surface area contributed by atoms with Crippen LogP contribution in [0.5, 0.6) is 11.5 Å². The van der Waals surface area contributed by atoms with E-state index < -0.39 is 0 Å². The third-order valence-corrected chi connectivity index (χ3v) is 4.46. The number of urea groups is 1. The number of amides is 2. The Hall–Kier alpha value is -2.69. The van der Waals surface area contributed by atoms with E-state index in [0.717, 1.165) is 46.7 Å². The van der Waals surface area contributed by atoms with Crippen LogP contribution in [0.4, 0.5) is 10.5 Å². The Morgan fingerprint density at radius 2 is 2.04 bits per heavy atom. The Labute approximate surface area is 141 Å². The monoisotopic (exact) mass is 324 g/mol. The third kappa shape index (κ3) is 2.77. The molecule has 0 aromatic heterocycles. The van der Waals surface area contributed by atoms with Gasteiger partial charge >= 0.3 is 6.03 Å². The molecule has 2 aromatic rings. The van der Waals surface area contributed by atoms with Gasteiger partial charge in [-0.2, -0.15) is 0 Å². The number of carbonyl (C=O) groups is 1. The number of benzene rings is 2. The number of ether oxygens (including phenoxy) is 2. The minimum absolute atomic E-state index is 0.219. The van der Waals surface area contributed by atoms with Crippen molar-refractivity contribution >= 4 is 11.7 Å². The molecule has 0 spiro atoms. The standard InChI is InChI=1S/C19H20N2O3/c1-12-3-2-4-14(9-12)21-19(22)20-11-16-15-6-8-23-17(15)10-13-5-7-24-18(13)16/h2-4,9-10H,5-8,11H2,1H3,(H2,20,21,22). The van der Waals surface area contributed by atoms with Gasteiger partial charge in [0.15, 0.2) is 0 Å². The van der Waals surface area contributed by atoms with Crippen LogP contribution in [0.3, 0.4) is 0 Å². The van der Waals surface area contributed by atoms with Gasteiger partial charge in [0, 0.05) is 41.8 Å². The number of rotatable bonds is 3. The molecule has 0 saturated carbocycles. The number of carbonyl (C=O) groups excluding carboxylic acids is 1. The summed E-state index contributed by atoms with van der Waals surface area (Å²) in [5.41, 5.74) is 5.28. The van der Waals surface area contributed by atoms with Crippen molar-refractivity contribution in [1.82, 2.24) is 5.32 Å². The van der Waals surface area contributed by atoms with Gasteiger partial charge in [0.25, 0.3) is 0 Å². The Morgan fingerprint density at radius 3 is 2.92 bits per heavy atom. The molecule has 0 aliphatic carbocycles. The van der Waals surface area contributed by atoms with Crippen molar-refractivity contribution in [1.29, 1.82) is 0 Å². The van der Waals surface area contributed by atoms with Crippen LogP contribution in [0.15, 0.2) is 30.3 Å². The summed E-state index contributed by atoms with van der Waals surface area (Å²) >= 11 is 0. The average Bonchev–Trinajstić information content (AvgIpc) is 3.20. The zero-order valence-corrected chi connectivity index (χ0v) is 13.6. The molecular weight excluding hydrogens is 304 g/mol. The van der Waals surface area contributed by atoms with Crippen molar-refractivity contribution in [3.05, 3.63) is 52.6 Å².